The summed E-state index contributed by atoms with van der Waals surface area (Å²) in [6.45, 7) is 4.04. The van der Waals surface area contributed by atoms with Gasteiger partial charge in [-0.05, 0) is 25.5 Å². The molecule has 1 N–H and O–H groups in total. The SMILES string of the molecule is CC(C)N(CCC#N)c1ccc(CO)cc1[N+](=O)[O-]. The van der Waals surface area contributed by atoms with Gasteiger partial charge in [0.1, 0.15) is 5.69 Å². The molecule has 6 nitrogen and oxygen atoms in total. The third-order valence-electron chi connectivity index (χ3n) is 2.82. The minimum atomic E-state index is -0.462. The van der Waals surface area contributed by atoms with Crippen LogP contribution in [0, 0.1) is 21.4 Å². The van der Waals surface area contributed by atoms with Gasteiger partial charge in [0.25, 0.3) is 5.69 Å². The van der Waals surface area contributed by atoms with Crippen LogP contribution in [0.3, 0.4) is 0 Å². The van der Waals surface area contributed by atoms with E-state index in [1.54, 1.807) is 12.1 Å². The second kappa shape index (κ2) is 6.71. The second-order valence-electron chi connectivity index (χ2n) is 4.43. The summed E-state index contributed by atoms with van der Waals surface area (Å²) < 4.78 is 0. The van der Waals surface area contributed by atoms with Crippen molar-refractivity contribution in [2.24, 2.45) is 0 Å². The lowest BCUT2D eigenvalue weighted by molar-refractivity contribution is -0.384. The van der Waals surface area contributed by atoms with Crippen LogP contribution in [-0.2, 0) is 6.61 Å². The topological polar surface area (TPSA) is 90.4 Å². The van der Waals surface area contributed by atoms with Crippen molar-refractivity contribution in [3.8, 4) is 6.07 Å². The Balaban J connectivity index is 3.22. The minimum Gasteiger partial charge on any atom is -0.392 e. The lowest BCUT2D eigenvalue weighted by atomic mass is 10.1. The number of nitriles is 1. The van der Waals surface area contributed by atoms with Gasteiger partial charge in [0, 0.05) is 18.7 Å². The van der Waals surface area contributed by atoms with Crippen molar-refractivity contribution < 1.29 is 10.0 Å². The molecule has 0 radical (unpaired) electrons. The van der Waals surface area contributed by atoms with E-state index in [1.807, 2.05) is 24.8 Å². The number of aliphatic hydroxyl groups is 1. The Morgan fingerprint density at radius 3 is 2.68 bits per heavy atom. The Hall–Kier alpha value is -2.13. The first-order chi connectivity index (χ1) is 9.01. The second-order valence-corrected chi connectivity index (χ2v) is 4.43. The smallest absolute Gasteiger partial charge is 0.292 e. The molecule has 0 amide bonds. The van der Waals surface area contributed by atoms with Crippen LogP contribution >= 0.6 is 0 Å². The predicted molar refractivity (Wildman–Crippen MR) is 71.7 cm³/mol. The van der Waals surface area contributed by atoms with Crippen LogP contribution in [0.2, 0.25) is 0 Å². The zero-order valence-electron chi connectivity index (χ0n) is 11.0. The van der Waals surface area contributed by atoms with E-state index in [1.165, 1.54) is 6.07 Å². The first kappa shape index (κ1) is 14.9. The molecule has 0 aliphatic carbocycles. The maximum atomic E-state index is 11.1. The molecule has 1 aromatic rings. The highest BCUT2D eigenvalue weighted by Gasteiger charge is 2.21. The molecule has 0 aliphatic heterocycles. The van der Waals surface area contributed by atoms with Gasteiger partial charge < -0.3 is 10.0 Å². The van der Waals surface area contributed by atoms with E-state index in [0.29, 0.717) is 24.2 Å². The molecule has 0 spiro atoms. The summed E-state index contributed by atoms with van der Waals surface area (Å²) in [5, 5.41) is 28.8. The molecule has 0 fully saturated rings. The van der Waals surface area contributed by atoms with Crippen molar-refractivity contribution in [3.05, 3.63) is 33.9 Å². The first-order valence-electron chi connectivity index (χ1n) is 6.03. The number of benzene rings is 1. The Bertz CT molecular complexity index is 494. The fraction of sp³-hybridized carbons (Fsp3) is 0.462. The molecule has 0 bridgehead atoms. The number of hydrogen-bond acceptors (Lipinski definition) is 5. The summed E-state index contributed by atoms with van der Waals surface area (Å²) in [5.41, 5.74) is 0.935. The molecule has 0 aliphatic rings. The Labute approximate surface area is 112 Å². The van der Waals surface area contributed by atoms with Crippen LogP contribution in [0.15, 0.2) is 18.2 Å². The molecule has 1 rings (SSSR count). The van der Waals surface area contributed by atoms with Gasteiger partial charge in [-0.1, -0.05) is 6.07 Å². The van der Waals surface area contributed by atoms with E-state index in [4.69, 9.17) is 10.4 Å². The summed E-state index contributed by atoms with van der Waals surface area (Å²) in [6, 6.07) is 6.75. The van der Waals surface area contributed by atoms with E-state index in [-0.39, 0.29) is 18.3 Å². The van der Waals surface area contributed by atoms with Crippen molar-refractivity contribution in [1.82, 2.24) is 0 Å². The van der Waals surface area contributed by atoms with Crippen molar-refractivity contribution in [3.63, 3.8) is 0 Å². The third-order valence-corrected chi connectivity index (χ3v) is 2.82. The first-order valence-corrected chi connectivity index (χ1v) is 6.03. The van der Waals surface area contributed by atoms with Crippen molar-refractivity contribution >= 4 is 11.4 Å². The number of nitrogens with zero attached hydrogens (tertiary/aromatic N) is 3. The van der Waals surface area contributed by atoms with Gasteiger partial charge in [0.05, 0.1) is 24.0 Å². The Morgan fingerprint density at radius 2 is 2.21 bits per heavy atom. The van der Waals surface area contributed by atoms with E-state index >= 15 is 0 Å². The van der Waals surface area contributed by atoms with Crippen molar-refractivity contribution in [2.75, 3.05) is 11.4 Å². The molecule has 102 valence electrons. The van der Waals surface area contributed by atoms with Crippen LogP contribution in [0.25, 0.3) is 0 Å². The largest absolute Gasteiger partial charge is 0.392 e. The summed E-state index contributed by atoms with van der Waals surface area (Å²) in [5.74, 6) is 0. The average molecular weight is 263 g/mol. The fourth-order valence-corrected chi connectivity index (χ4v) is 1.88. The molecule has 1 aromatic carbocycles. The molecule has 0 unspecified atom stereocenters. The monoisotopic (exact) mass is 263 g/mol. The Morgan fingerprint density at radius 1 is 1.53 bits per heavy atom. The molecule has 0 atom stereocenters. The molecule has 0 saturated heterocycles. The maximum absolute atomic E-state index is 11.1. The van der Waals surface area contributed by atoms with Crippen LogP contribution in [0.5, 0.6) is 0 Å². The highest BCUT2D eigenvalue weighted by Crippen LogP contribution is 2.30. The molecular formula is C13H17N3O3. The summed E-state index contributed by atoms with van der Waals surface area (Å²) in [6.07, 6.45) is 0.303. The van der Waals surface area contributed by atoms with Gasteiger partial charge in [-0.3, -0.25) is 10.1 Å². The third kappa shape index (κ3) is 3.66. The van der Waals surface area contributed by atoms with E-state index in [0.717, 1.165) is 0 Å². The Kier molecular flexibility index (Phi) is 5.27. The number of aliphatic hydroxyl groups excluding tert-OH is 1. The standard InChI is InChI=1S/C13H17N3O3/c1-10(2)15(7-3-6-14)12-5-4-11(9-17)8-13(12)16(18)19/h4-5,8,10,17H,3,7,9H2,1-2H3. The zero-order valence-corrected chi connectivity index (χ0v) is 11.0. The highest BCUT2D eigenvalue weighted by molar-refractivity contribution is 5.64. The molecular weight excluding hydrogens is 246 g/mol. The van der Waals surface area contributed by atoms with Crippen molar-refractivity contribution in [1.29, 1.82) is 5.26 Å². The quantitative estimate of drug-likeness (QED) is 0.627. The van der Waals surface area contributed by atoms with Gasteiger partial charge in [-0.15, -0.1) is 0 Å². The van der Waals surface area contributed by atoms with Crippen molar-refractivity contribution in [2.45, 2.75) is 32.9 Å². The predicted octanol–water partition coefficient (Wildman–Crippen LogP) is 2.22. The van der Waals surface area contributed by atoms with Crippen LogP contribution in [-0.4, -0.2) is 22.6 Å². The molecule has 0 heterocycles. The van der Waals surface area contributed by atoms with Gasteiger partial charge >= 0.3 is 0 Å². The fourth-order valence-electron chi connectivity index (χ4n) is 1.88. The van der Waals surface area contributed by atoms with Gasteiger partial charge in [-0.2, -0.15) is 5.26 Å². The molecule has 0 aromatic heterocycles. The lowest BCUT2D eigenvalue weighted by Crippen LogP contribution is -2.32. The number of rotatable bonds is 6. The molecule has 0 saturated carbocycles. The van der Waals surface area contributed by atoms with Crippen LogP contribution in [0.4, 0.5) is 11.4 Å². The molecule has 19 heavy (non-hydrogen) atoms. The van der Waals surface area contributed by atoms with E-state index < -0.39 is 4.92 Å². The van der Waals surface area contributed by atoms with Gasteiger partial charge in [0.15, 0.2) is 0 Å². The zero-order chi connectivity index (χ0) is 14.4. The van der Waals surface area contributed by atoms with Gasteiger partial charge in [-0.25, -0.2) is 0 Å². The van der Waals surface area contributed by atoms with Crippen LogP contribution in [0.1, 0.15) is 25.8 Å². The minimum absolute atomic E-state index is 0.0433. The van der Waals surface area contributed by atoms with Crippen LogP contribution < -0.4 is 4.90 Å². The number of hydrogen-bond donors (Lipinski definition) is 1. The average Bonchev–Trinajstić information content (AvgIpc) is 2.38. The summed E-state index contributed by atoms with van der Waals surface area (Å²) in [7, 11) is 0. The number of anilines is 1. The summed E-state index contributed by atoms with van der Waals surface area (Å²) >= 11 is 0. The normalized spacial score (nSPS) is 10.3. The van der Waals surface area contributed by atoms with Gasteiger partial charge in [0.2, 0.25) is 0 Å². The maximum Gasteiger partial charge on any atom is 0.292 e. The number of nitro benzene ring substituents is 1. The summed E-state index contributed by atoms with van der Waals surface area (Å²) in [4.78, 5) is 12.5. The highest BCUT2D eigenvalue weighted by atomic mass is 16.6. The number of nitro groups is 1. The van der Waals surface area contributed by atoms with E-state index in [9.17, 15) is 10.1 Å². The lowest BCUT2D eigenvalue weighted by Gasteiger charge is -2.27. The molecule has 6 heteroatoms. The van der Waals surface area contributed by atoms with E-state index in [2.05, 4.69) is 0 Å².